The molecule has 5 nitrogen and oxygen atoms in total. The summed E-state index contributed by atoms with van der Waals surface area (Å²) < 4.78 is 0. The maximum absolute atomic E-state index is 13.4. The van der Waals surface area contributed by atoms with Crippen molar-refractivity contribution in [1.29, 1.82) is 0 Å². The van der Waals surface area contributed by atoms with Crippen LogP contribution in [0.15, 0.2) is 0 Å². The summed E-state index contributed by atoms with van der Waals surface area (Å²) in [5, 5.41) is 30.6. The number of Topliss-reactive ketones (excluding diaryl/α,β-unsaturated/α-hetero) is 2. The van der Waals surface area contributed by atoms with Crippen molar-refractivity contribution in [3.8, 4) is 0 Å². The Morgan fingerprint density at radius 1 is 1.15 bits per heavy atom. The van der Waals surface area contributed by atoms with E-state index in [1.165, 1.54) is 0 Å². The molecule has 0 aromatic carbocycles. The van der Waals surface area contributed by atoms with Crippen molar-refractivity contribution in [3.63, 3.8) is 0 Å². The molecular weight excluding hydrogens is 359 g/mol. The molecule has 0 aromatic rings. The van der Waals surface area contributed by atoms with Crippen LogP contribution >= 0.6 is 0 Å². The van der Waals surface area contributed by atoms with Gasteiger partial charge in [0.1, 0.15) is 18.0 Å². The molecule has 0 unspecified atom stereocenters. The van der Waals surface area contributed by atoms with Gasteiger partial charge in [0.15, 0.2) is 23.1 Å². The number of aliphatic hydroxyl groups is 3. The first-order valence-corrected chi connectivity index (χ1v) is 10.2. The highest BCUT2D eigenvalue weighted by atomic mass is 27.0. The van der Waals surface area contributed by atoms with Gasteiger partial charge in [-0.05, 0) is 68.1 Å². The molecule has 0 saturated heterocycles. The molecule has 0 radical (unpaired) electrons. The lowest BCUT2D eigenvalue weighted by atomic mass is 9.44. The Kier molecular flexibility index (Phi) is 5.50. The van der Waals surface area contributed by atoms with Crippen LogP contribution in [0.3, 0.4) is 0 Å². The molecule has 4 aliphatic carbocycles. The van der Waals surface area contributed by atoms with Crippen molar-refractivity contribution in [2.24, 2.45) is 34.5 Å². The molecular formula is C21H35AlO5. The summed E-state index contributed by atoms with van der Waals surface area (Å²) in [6.07, 6.45) is 5.47. The average Bonchev–Trinajstić information content (AvgIpc) is 2.86. The topological polar surface area (TPSA) is 94.8 Å². The summed E-state index contributed by atoms with van der Waals surface area (Å²) >= 11 is 0. The third-order valence-corrected chi connectivity index (χ3v) is 9.08. The molecule has 4 aliphatic rings. The number of ketones is 2. The van der Waals surface area contributed by atoms with E-state index in [0.29, 0.717) is 12.3 Å². The maximum Gasteiger partial charge on any atom is 0.190 e. The van der Waals surface area contributed by atoms with Crippen LogP contribution in [0.1, 0.15) is 65.2 Å². The predicted octanol–water partition coefficient (Wildman–Crippen LogP) is 0.678. The fourth-order valence-corrected chi connectivity index (χ4v) is 7.64. The van der Waals surface area contributed by atoms with E-state index in [2.05, 4.69) is 6.92 Å². The molecule has 4 rings (SSSR count). The van der Waals surface area contributed by atoms with Crippen molar-refractivity contribution >= 4 is 28.9 Å². The van der Waals surface area contributed by atoms with Gasteiger partial charge in [0, 0.05) is 17.8 Å². The molecule has 0 aromatic heterocycles. The minimum Gasteiger partial charge on any atom is -0.393 e. The van der Waals surface area contributed by atoms with E-state index in [0.717, 1.165) is 38.5 Å². The first kappa shape index (κ1) is 21.5. The summed E-state index contributed by atoms with van der Waals surface area (Å²) in [6.45, 7) is 3.46. The predicted molar refractivity (Wildman–Crippen MR) is 105 cm³/mol. The normalized spacial score (nSPS) is 51.6. The molecule has 0 heterocycles. The van der Waals surface area contributed by atoms with Crippen molar-refractivity contribution < 1.29 is 24.9 Å². The number of rotatable bonds is 2. The van der Waals surface area contributed by atoms with Gasteiger partial charge < -0.3 is 15.3 Å². The second-order valence-corrected chi connectivity index (χ2v) is 10.00. The molecule has 0 aliphatic heterocycles. The number of hydrogen-bond acceptors (Lipinski definition) is 5. The lowest BCUT2D eigenvalue weighted by molar-refractivity contribution is -0.180. The van der Waals surface area contributed by atoms with Gasteiger partial charge in [-0.3, -0.25) is 9.59 Å². The van der Waals surface area contributed by atoms with Crippen LogP contribution < -0.4 is 0 Å². The van der Waals surface area contributed by atoms with Crippen molar-refractivity contribution in [2.75, 3.05) is 6.61 Å². The van der Waals surface area contributed by atoms with Gasteiger partial charge in [0.2, 0.25) is 0 Å². The van der Waals surface area contributed by atoms with Gasteiger partial charge in [0.25, 0.3) is 0 Å². The molecule has 0 bridgehead atoms. The van der Waals surface area contributed by atoms with Gasteiger partial charge in [-0.25, -0.2) is 0 Å². The van der Waals surface area contributed by atoms with E-state index in [-0.39, 0.29) is 58.8 Å². The lowest BCUT2D eigenvalue weighted by Gasteiger charge is -2.60. The monoisotopic (exact) mass is 394 g/mol. The maximum atomic E-state index is 13.4. The molecule has 3 N–H and O–H groups in total. The Balaban J connectivity index is 0.00000210. The first-order chi connectivity index (χ1) is 12.2. The zero-order chi connectivity index (χ0) is 18.9. The van der Waals surface area contributed by atoms with Crippen LogP contribution in [-0.2, 0) is 9.59 Å². The van der Waals surface area contributed by atoms with Gasteiger partial charge in [-0.15, -0.1) is 0 Å². The second kappa shape index (κ2) is 6.92. The molecule has 0 spiro atoms. The SMILES string of the molecule is C[C@]12CC[C@@H](O)C[C@H]1CC[C@@H]1[C@@H]2C(=O)C[C@@]2(C)[C@H]1CC[C@]2(O)C(=O)CO.[AlH3]. The van der Waals surface area contributed by atoms with Gasteiger partial charge in [-0.2, -0.15) is 0 Å². The minimum absolute atomic E-state index is 0. The fourth-order valence-electron chi connectivity index (χ4n) is 7.64. The number of hydrogen-bond donors (Lipinski definition) is 3. The Morgan fingerprint density at radius 3 is 2.52 bits per heavy atom. The lowest BCUT2D eigenvalue weighted by Crippen LogP contribution is -2.62. The summed E-state index contributed by atoms with van der Waals surface area (Å²) in [4.78, 5) is 25.7. The molecule has 27 heavy (non-hydrogen) atoms. The number of carbonyl (C=O) groups excluding carboxylic acids is 2. The summed E-state index contributed by atoms with van der Waals surface area (Å²) in [6, 6.07) is 0. The van der Waals surface area contributed by atoms with Crippen molar-refractivity contribution in [1.82, 2.24) is 0 Å². The highest BCUT2D eigenvalue weighted by Crippen LogP contribution is 2.67. The molecule has 4 fully saturated rings. The van der Waals surface area contributed by atoms with E-state index in [9.17, 15) is 24.9 Å². The highest BCUT2D eigenvalue weighted by molar-refractivity contribution is 5.92. The summed E-state index contributed by atoms with van der Waals surface area (Å²) in [7, 11) is 0. The van der Waals surface area contributed by atoms with Crippen LogP contribution in [0.4, 0.5) is 0 Å². The van der Waals surface area contributed by atoms with E-state index in [1.54, 1.807) is 0 Å². The van der Waals surface area contributed by atoms with Crippen LogP contribution in [-0.4, -0.2) is 62.6 Å². The Bertz CT molecular complexity index is 638. The quantitative estimate of drug-likeness (QED) is 0.599. The zero-order valence-corrected chi connectivity index (χ0v) is 15.9. The van der Waals surface area contributed by atoms with E-state index in [1.807, 2.05) is 6.92 Å². The van der Waals surface area contributed by atoms with Crippen LogP contribution in [0.25, 0.3) is 0 Å². The third-order valence-electron chi connectivity index (χ3n) is 9.08. The van der Waals surface area contributed by atoms with Crippen molar-refractivity contribution in [3.05, 3.63) is 0 Å². The van der Waals surface area contributed by atoms with Gasteiger partial charge >= 0.3 is 0 Å². The third kappa shape index (κ3) is 2.74. The Hall–Kier alpha value is -0.248. The summed E-state index contributed by atoms with van der Waals surface area (Å²) in [5.74, 6) is 0.380. The van der Waals surface area contributed by atoms with Gasteiger partial charge in [-0.1, -0.05) is 13.8 Å². The Labute approximate surface area is 172 Å². The fraction of sp³-hybridized carbons (Fsp3) is 0.905. The van der Waals surface area contributed by atoms with Crippen LogP contribution in [0.5, 0.6) is 0 Å². The average molecular weight is 394 g/mol. The molecule has 0 amide bonds. The standard InChI is InChI=1S/C21H32O5.Al.3H/c1-19-7-5-13(23)9-12(19)3-4-14-15-6-8-21(26,17(25)11-22)20(15,2)10-16(24)18(14)19;;;;/h12-15,18,22-23,26H,3-11H2,1-2H3;;;;/t12-,13-,14+,15+,18-,19+,20+,21+;;;;/m1..../s1. The molecule has 8 atom stereocenters. The van der Waals surface area contributed by atoms with E-state index in [4.69, 9.17) is 0 Å². The minimum atomic E-state index is -1.58. The van der Waals surface area contributed by atoms with Crippen LogP contribution in [0.2, 0.25) is 0 Å². The largest absolute Gasteiger partial charge is 0.393 e. The second-order valence-electron chi connectivity index (χ2n) is 10.00. The highest BCUT2D eigenvalue weighted by Gasteiger charge is 2.68. The number of carbonyl (C=O) groups is 2. The van der Waals surface area contributed by atoms with Gasteiger partial charge in [0.05, 0.1) is 6.10 Å². The number of aliphatic hydroxyl groups excluding tert-OH is 2. The molecule has 4 saturated carbocycles. The summed E-state index contributed by atoms with van der Waals surface area (Å²) in [5.41, 5.74) is -2.40. The first-order valence-electron chi connectivity index (χ1n) is 10.2. The van der Waals surface area contributed by atoms with Crippen molar-refractivity contribution in [2.45, 2.75) is 76.9 Å². The molecule has 152 valence electrons. The van der Waals surface area contributed by atoms with Crippen LogP contribution in [0, 0.1) is 34.5 Å². The smallest absolute Gasteiger partial charge is 0.190 e. The Morgan fingerprint density at radius 2 is 1.85 bits per heavy atom. The molecule has 6 heteroatoms. The zero-order valence-electron chi connectivity index (χ0n) is 15.9. The van der Waals surface area contributed by atoms with E-state index < -0.39 is 23.4 Å². The number of fused-ring (bicyclic) bond motifs is 5. The van der Waals surface area contributed by atoms with E-state index >= 15 is 0 Å².